The SMILES string of the molecule is CC.CCC1CCCNCC1. The van der Waals surface area contributed by atoms with Gasteiger partial charge in [0.05, 0.1) is 0 Å². The third-order valence-electron chi connectivity index (χ3n) is 2.27. The van der Waals surface area contributed by atoms with E-state index >= 15 is 0 Å². The highest BCUT2D eigenvalue weighted by Gasteiger charge is 2.07. The second-order valence-corrected chi connectivity index (χ2v) is 2.96. The van der Waals surface area contributed by atoms with Crippen LogP contribution in [0.1, 0.15) is 46.5 Å². The molecule has 0 amide bonds. The number of rotatable bonds is 1. The summed E-state index contributed by atoms with van der Waals surface area (Å²) in [5.41, 5.74) is 0. The van der Waals surface area contributed by atoms with Crippen molar-refractivity contribution in [3.63, 3.8) is 0 Å². The molecule has 0 saturated carbocycles. The van der Waals surface area contributed by atoms with Crippen molar-refractivity contribution in [3.8, 4) is 0 Å². The molecule has 1 nitrogen and oxygen atoms in total. The Morgan fingerprint density at radius 1 is 1.18 bits per heavy atom. The van der Waals surface area contributed by atoms with Gasteiger partial charge in [0.25, 0.3) is 0 Å². The smallest absolute Gasteiger partial charge is 0.00463 e. The lowest BCUT2D eigenvalue weighted by molar-refractivity contribution is 0.458. The van der Waals surface area contributed by atoms with Gasteiger partial charge in [-0.25, -0.2) is 0 Å². The molecule has 0 aromatic rings. The van der Waals surface area contributed by atoms with Crippen LogP contribution in [0.5, 0.6) is 0 Å². The van der Waals surface area contributed by atoms with Crippen molar-refractivity contribution in [2.24, 2.45) is 5.92 Å². The predicted molar refractivity (Wildman–Crippen MR) is 51.8 cm³/mol. The Bertz CT molecular complexity index is 63.3. The van der Waals surface area contributed by atoms with Crippen molar-refractivity contribution in [1.82, 2.24) is 5.32 Å². The molecule has 0 aliphatic carbocycles. The summed E-state index contributed by atoms with van der Waals surface area (Å²) in [5, 5.41) is 3.41. The van der Waals surface area contributed by atoms with Gasteiger partial charge >= 0.3 is 0 Å². The highest BCUT2D eigenvalue weighted by molar-refractivity contribution is 4.64. The molecular formula is C10H23N. The van der Waals surface area contributed by atoms with Crippen LogP contribution in [-0.4, -0.2) is 13.1 Å². The zero-order chi connectivity index (χ0) is 8.53. The average Bonchev–Trinajstić information content (AvgIpc) is 2.35. The van der Waals surface area contributed by atoms with Gasteiger partial charge in [-0.2, -0.15) is 0 Å². The Morgan fingerprint density at radius 3 is 2.55 bits per heavy atom. The molecule has 68 valence electrons. The van der Waals surface area contributed by atoms with Gasteiger partial charge in [0.1, 0.15) is 0 Å². The fourth-order valence-corrected chi connectivity index (χ4v) is 1.50. The highest BCUT2D eigenvalue weighted by Crippen LogP contribution is 2.15. The molecule has 0 radical (unpaired) electrons. The van der Waals surface area contributed by atoms with E-state index in [-0.39, 0.29) is 0 Å². The summed E-state index contributed by atoms with van der Waals surface area (Å²) >= 11 is 0. The van der Waals surface area contributed by atoms with Gasteiger partial charge < -0.3 is 5.32 Å². The monoisotopic (exact) mass is 157 g/mol. The van der Waals surface area contributed by atoms with Crippen LogP contribution >= 0.6 is 0 Å². The molecule has 1 aliphatic heterocycles. The van der Waals surface area contributed by atoms with Gasteiger partial charge in [0, 0.05) is 0 Å². The zero-order valence-electron chi connectivity index (χ0n) is 8.32. The summed E-state index contributed by atoms with van der Waals surface area (Å²) in [6.45, 7) is 8.80. The standard InChI is InChI=1S/C8H17N.C2H6/c1-2-8-4-3-6-9-7-5-8;1-2/h8-9H,2-7H2,1H3;1-2H3. The maximum atomic E-state index is 3.41. The normalized spacial score (nSPS) is 24.8. The maximum absolute atomic E-state index is 3.41. The summed E-state index contributed by atoms with van der Waals surface area (Å²) < 4.78 is 0. The van der Waals surface area contributed by atoms with Crippen molar-refractivity contribution in [2.75, 3.05) is 13.1 Å². The van der Waals surface area contributed by atoms with E-state index in [2.05, 4.69) is 12.2 Å². The van der Waals surface area contributed by atoms with E-state index < -0.39 is 0 Å². The Labute approximate surface area is 71.6 Å². The van der Waals surface area contributed by atoms with Gasteiger partial charge in [-0.05, 0) is 38.3 Å². The van der Waals surface area contributed by atoms with Crippen molar-refractivity contribution in [2.45, 2.75) is 46.5 Å². The molecule has 1 heterocycles. The quantitative estimate of drug-likeness (QED) is 0.617. The molecule has 1 N–H and O–H groups in total. The molecule has 1 fully saturated rings. The molecule has 0 spiro atoms. The van der Waals surface area contributed by atoms with E-state index in [0.29, 0.717) is 0 Å². The van der Waals surface area contributed by atoms with Crippen LogP contribution in [0.25, 0.3) is 0 Å². The molecule has 0 bridgehead atoms. The van der Waals surface area contributed by atoms with Crippen molar-refractivity contribution in [1.29, 1.82) is 0 Å². The summed E-state index contributed by atoms with van der Waals surface area (Å²) in [6.07, 6.45) is 5.61. The number of nitrogens with one attached hydrogen (secondary N) is 1. The third kappa shape index (κ3) is 5.25. The Hall–Kier alpha value is -0.0400. The highest BCUT2D eigenvalue weighted by atomic mass is 14.8. The molecular weight excluding hydrogens is 134 g/mol. The van der Waals surface area contributed by atoms with E-state index in [9.17, 15) is 0 Å². The minimum absolute atomic E-state index is 1.01. The average molecular weight is 157 g/mol. The van der Waals surface area contributed by atoms with E-state index in [1.807, 2.05) is 13.8 Å². The summed E-state index contributed by atoms with van der Waals surface area (Å²) in [5.74, 6) is 1.01. The maximum Gasteiger partial charge on any atom is -0.00463 e. The van der Waals surface area contributed by atoms with Crippen LogP contribution in [0.3, 0.4) is 0 Å². The lowest BCUT2D eigenvalue weighted by atomic mass is 9.98. The van der Waals surface area contributed by atoms with Gasteiger partial charge in [0.2, 0.25) is 0 Å². The van der Waals surface area contributed by atoms with Gasteiger partial charge in [-0.3, -0.25) is 0 Å². The first-order valence-electron chi connectivity index (χ1n) is 5.14. The minimum Gasteiger partial charge on any atom is -0.317 e. The largest absolute Gasteiger partial charge is 0.317 e. The van der Waals surface area contributed by atoms with Gasteiger partial charge in [-0.1, -0.05) is 27.2 Å². The topological polar surface area (TPSA) is 12.0 Å². The first-order valence-corrected chi connectivity index (χ1v) is 5.14. The van der Waals surface area contributed by atoms with Crippen LogP contribution in [0.15, 0.2) is 0 Å². The van der Waals surface area contributed by atoms with Crippen LogP contribution in [0.2, 0.25) is 0 Å². The first kappa shape index (κ1) is 11.0. The van der Waals surface area contributed by atoms with Gasteiger partial charge in [-0.15, -0.1) is 0 Å². The summed E-state index contributed by atoms with van der Waals surface area (Å²) in [6, 6.07) is 0. The second-order valence-electron chi connectivity index (χ2n) is 2.96. The van der Waals surface area contributed by atoms with Crippen LogP contribution in [0, 0.1) is 5.92 Å². The van der Waals surface area contributed by atoms with Crippen LogP contribution < -0.4 is 5.32 Å². The van der Waals surface area contributed by atoms with E-state index in [1.54, 1.807) is 0 Å². The molecule has 1 aliphatic rings. The molecule has 1 saturated heterocycles. The van der Waals surface area contributed by atoms with Crippen molar-refractivity contribution >= 4 is 0 Å². The molecule has 1 rings (SSSR count). The van der Waals surface area contributed by atoms with Crippen LogP contribution in [-0.2, 0) is 0 Å². The lowest BCUT2D eigenvalue weighted by Gasteiger charge is -2.08. The Morgan fingerprint density at radius 2 is 1.91 bits per heavy atom. The molecule has 0 aromatic carbocycles. The van der Waals surface area contributed by atoms with E-state index in [0.717, 1.165) is 5.92 Å². The number of hydrogen-bond donors (Lipinski definition) is 1. The second kappa shape index (κ2) is 8.06. The zero-order valence-corrected chi connectivity index (χ0v) is 8.32. The minimum atomic E-state index is 1.01. The van der Waals surface area contributed by atoms with Crippen molar-refractivity contribution < 1.29 is 0 Å². The molecule has 1 atom stereocenters. The Kier molecular flexibility index (Phi) is 8.03. The summed E-state index contributed by atoms with van der Waals surface area (Å²) in [4.78, 5) is 0. The van der Waals surface area contributed by atoms with Crippen LogP contribution in [0.4, 0.5) is 0 Å². The summed E-state index contributed by atoms with van der Waals surface area (Å²) in [7, 11) is 0. The van der Waals surface area contributed by atoms with E-state index in [1.165, 1.54) is 38.8 Å². The molecule has 1 unspecified atom stereocenters. The fourth-order valence-electron chi connectivity index (χ4n) is 1.50. The predicted octanol–water partition coefficient (Wildman–Crippen LogP) is 2.81. The van der Waals surface area contributed by atoms with Gasteiger partial charge in [0.15, 0.2) is 0 Å². The first-order chi connectivity index (χ1) is 5.43. The molecule has 0 aromatic heterocycles. The molecule has 1 heteroatoms. The lowest BCUT2D eigenvalue weighted by Crippen LogP contribution is -2.13. The van der Waals surface area contributed by atoms with E-state index in [4.69, 9.17) is 0 Å². The number of hydrogen-bond acceptors (Lipinski definition) is 1. The van der Waals surface area contributed by atoms with Crippen molar-refractivity contribution in [3.05, 3.63) is 0 Å². The Balaban J connectivity index is 0.000000461. The fraction of sp³-hybridized carbons (Fsp3) is 1.00. The third-order valence-corrected chi connectivity index (χ3v) is 2.27. The molecule has 11 heavy (non-hydrogen) atoms.